The van der Waals surface area contributed by atoms with Gasteiger partial charge in [-0.25, -0.2) is 9.59 Å². The van der Waals surface area contributed by atoms with Crippen molar-refractivity contribution in [2.75, 3.05) is 19.8 Å². The zero-order valence-electron chi connectivity index (χ0n) is 17.7. The molecule has 7 nitrogen and oxygen atoms in total. The molecular formula is C24H23ClN2O5. The highest BCUT2D eigenvalue weighted by Gasteiger charge is 2.35. The summed E-state index contributed by atoms with van der Waals surface area (Å²) in [6.45, 7) is 4.06. The molecule has 8 heteroatoms. The highest BCUT2D eigenvalue weighted by atomic mass is 35.5. The van der Waals surface area contributed by atoms with E-state index in [1.54, 1.807) is 31.2 Å². The average molecular weight is 455 g/mol. The predicted molar refractivity (Wildman–Crippen MR) is 121 cm³/mol. The Morgan fingerprint density at radius 3 is 2.56 bits per heavy atom. The van der Waals surface area contributed by atoms with E-state index in [2.05, 4.69) is 16.6 Å². The van der Waals surface area contributed by atoms with Crippen LogP contribution in [0.4, 0.5) is 4.79 Å². The van der Waals surface area contributed by atoms with E-state index in [0.717, 1.165) is 0 Å². The Kier molecular flexibility index (Phi) is 7.63. The van der Waals surface area contributed by atoms with Crippen LogP contribution in [0.5, 0.6) is 11.5 Å². The molecule has 166 valence electrons. The smallest absolute Gasteiger partial charge is 0.338 e. The summed E-state index contributed by atoms with van der Waals surface area (Å²) in [4.78, 5) is 25.5. The number of hydrogen-bond acceptors (Lipinski definition) is 5. The number of terminal acetylenes is 1. The molecule has 32 heavy (non-hydrogen) atoms. The molecule has 0 aromatic heterocycles. The van der Waals surface area contributed by atoms with Crippen LogP contribution < -0.4 is 20.1 Å². The average Bonchev–Trinajstić information content (AvgIpc) is 2.78. The van der Waals surface area contributed by atoms with E-state index in [-0.39, 0.29) is 23.8 Å². The first-order valence-corrected chi connectivity index (χ1v) is 10.4. The number of nitrogens with one attached hydrogen (secondary N) is 2. The van der Waals surface area contributed by atoms with Gasteiger partial charge in [0.1, 0.15) is 6.61 Å². The van der Waals surface area contributed by atoms with E-state index in [0.29, 0.717) is 34.9 Å². The van der Waals surface area contributed by atoms with Crippen LogP contribution in [0.2, 0.25) is 5.02 Å². The number of hydrogen-bond donors (Lipinski definition) is 2. The fourth-order valence-corrected chi connectivity index (χ4v) is 3.62. The van der Waals surface area contributed by atoms with Crippen molar-refractivity contribution in [2.24, 2.45) is 0 Å². The minimum Gasteiger partial charge on any atom is -0.490 e. The standard InChI is InChI=1S/C24H23ClN2O5/c1-4-12-32-22-17(25)13-16(14-18(22)30-5-2)21-19(23(28)31-6-3)20(26-24(29)27-21)15-10-8-7-9-11-15/h1,7-11,13-14,21H,5-6,12H2,2-3H3,(H2,26,27,29)/t21-/m0/s1. The van der Waals surface area contributed by atoms with Gasteiger partial charge in [0.15, 0.2) is 11.5 Å². The zero-order chi connectivity index (χ0) is 23.1. The van der Waals surface area contributed by atoms with Crippen molar-refractivity contribution < 1.29 is 23.8 Å². The molecule has 1 aliphatic heterocycles. The number of carbonyl (C=O) groups excluding carboxylic acids is 2. The van der Waals surface area contributed by atoms with Crippen molar-refractivity contribution in [1.29, 1.82) is 0 Å². The minimum absolute atomic E-state index is 0.00929. The third-order valence-corrected chi connectivity index (χ3v) is 4.88. The molecule has 0 saturated heterocycles. The third kappa shape index (κ3) is 4.98. The monoisotopic (exact) mass is 454 g/mol. The van der Waals surface area contributed by atoms with Crippen LogP contribution >= 0.6 is 11.6 Å². The molecule has 0 spiro atoms. The second-order valence-corrected chi connectivity index (χ2v) is 7.07. The summed E-state index contributed by atoms with van der Waals surface area (Å²) in [5.41, 5.74) is 1.80. The van der Waals surface area contributed by atoms with Crippen LogP contribution in [0.3, 0.4) is 0 Å². The first-order chi connectivity index (χ1) is 15.5. The lowest BCUT2D eigenvalue weighted by Gasteiger charge is -2.30. The number of amides is 2. The molecule has 0 aliphatic carbocycles. The quantitative estimate of drug-likeness (QED) is 0.463. The third-order valence-electron chi connectivity index (χ3n) is 4.59. The molecule has 0 bridgehead atoms. The van der Waals surface area contributed by atoms with Gasteiger partial charge in [-0.15, -0.1) is 6.42 Å². The van der Waals surface area contributed by atoms with Crippen LogP contribution in [0.15, 0.2) is 48.0 Å². The fourth-order valence-electron chi connectivity index (χ4n) is 3.35. The van der Waals surface area contributed by atoms with Crippen LogP contribution in [0.25, 0.3) is 5.70 Å². The van der Waals surface area contributed by atoms with Gasteiger partial charge in [-0.05, 0) is 37.1 Å². The second-order valence-electron chi connectivity index (χ2n) is 6.66. The molecule has 1 heterocycles. The molecule has 0 unspecified atom stereocenters. The molecule has 1 atom stereocenters. The molecule has 1 aliphatic rings. The van der Waals surface area contributed by atoms with E-state index in [4.69, 9.17) is 32.2 Å². The molecule has 2 amide bonds. The van der Waals surface area contributed by atoms with Gasteiger partial charge in [0, 0.05) is 0 Å². The summed E-state index contributed by atoms with van der Waals surface area (Å²) in [6, 6.07) is 11.0. The summed E-state index contributed by atoms with van der Waals surface area (Å²) in [7, 11) is 0. The number of esters is 1. The van der Waals surface area contributed by atoms with E-state index in [1.165, 1.54) is 0 Å². The number of rotatable bonds is 8. The largest absolute Gasteiger partial charge is 0.490 e. The zero-order valence-corrected chi connectivity index (χ0v) is 18.5. The van der Waals surface area contributed by atoms with Crippen molar-refractivity contribution in [2.45, 2.75) is 19.9 Å². The number of halogens is 1. The molecule has 2 aromatic rings. The Balaban J connectivity index is 2.18. The van der Waals surface area contributed by atoms with Crippen LogP contribution in [-0.4, -0.2) is 31.8 Å². The van der Waals surface area contributed by atoms with Gasteiger partial charge in [-0.3, -0.25) is 0 Å². The first kappa shape index (κ1) is 23.0. The predicted octanol–water partition coefficient (Wildman–Crippen LogP) is 4.08. The van der Waals surface area contributed by atoms with Crippen molar-refractivity contribution in [3.63, 3.8) is 0 Å². The summed E-state index contributed by atoms with van der Waals surface area (Å²) < 4.78 is 16.5. The van der Waals surface area contributed by atoms with Crippen molar-refractivity contribution in [3.8, 4) is 23.8 Å². The summed E-state index contributed by atoms with van der Waals surface area (Å²) in [6.07, 6.45) is 5.29. The Hall–Kier alpha value is -3.63. The second kappa shape index (κ2) is 10.6. The van der Waals surface area contributed by atoms with Crippen LogP contribution in [0, 0.1) is 12.3 Å². The summed E-state index contributed by atoms with van der Waals surface area (Å²) in [5, 5.41) is 5.75. The number of urea groups is 1. The van der Waals surface area contributed by atoms with Gasteiger partial charge in [0.05, 0.1) is 35.5 Å². The van der Waals surface area contributed by atoms with E-state index in [9.17, 15) is 9.59 Å². The Morgan fingerprint density at radius 1 is 1.16 bits per heavy atom. The topological polar surface area (TPSA) is 85.9 Å². The maximum Gasteiger partial charge on any atom is 0.338 e. The maximum atomic E-state index is 13.0. The molecule has 0 radical (unpaired) electrons. The molecule has 0 fully saturated rings. The number of carbonyl (C=O) groups is 2. The van der Waals surface area contributed by atoms with Gasteiger partial charge >= 0.3 is 12.0 Å². The lowest BCUT2D eigenvalue weighted by molar-refractivity contribution is -0.138. The Labute approximate surface area is 191 Å². The summed E-state index contributed by atoms with van der Waals surface area (Å²) in [5.74, 6) is 2.46. The molecular weight excluding hydrogens is 432 g/mol. The highest BCUT2D eigenvalue weighted by molar-refractivity contribution is 6.32. The SMILES string of the molecule is C#CCOc1c(Cl)cc([C@@H]2NC(=O)NC(c3ccccc3)=C2C(=O)OCC)cc1OCC. The van der Waals surface area contributed by atoms with Gasteiger partial charge in [-0.1, -0.05) is 47.9 Å². The lowest BCUT2D eigenvalue weighted by Crippen LogP contribution is -2.45. The van der Waals surface area contributed by atoms with Crippen LogP contribution in [-0.2, 0) is 9.53 Å². The van der Waals surface area contributed by atoms with E-state index in [1.807, 2.05) is 25.1 Å². The van der Waals surface area contributed by atoms with Gasteiger partial charge in [0.2, 0.25) is 0 Å². The lowest BCUT2D eigenvalue weighted by atomic mass is 9.92. The number of benzene rings is 2. The molecule has 2 N–H and O–H groups in total. The van der Waals surface area contributed by atoms with Crippen molar-refractivity contribution in [3.05, 3.63) is 64.2 Å². The Morgan fingerprint density at radius 2 is 1.91 bits per heavy atom. The Bertz CT molecular complexity index is 1080. The maximum absolute atomic E-state index is 13.0. The summed E-state index contributed by atoms with van der Waals surface area (Å²) >= 11 is 6.47. The van der Waals surface area contributed by atoms with E-state index < -0.39 is 18.0 Å². The van der Waals surface area contributed by atoms with Gasteiger partial charge in [0.25, 0.3) is 0 Å². The number of ether oxygens (including phenoxy) is 3. The highest BCUT2D eigenvalue weighted by Crippen LogP contribution is 2.41. The van der Waals surface area contributed by atoms with Gasteiger partial charge in [-0.2, -0.15) is 0 Å². The molecule has 2 aromatic carbocycles. The van der Waals surface area contributed by atoms with Crippen molar-refractivity contribution in [1.82, 2.24) is 10.6 Å². The minimum atomic E-state index is -0.837. The van der Waals surface area contributed by atoms with Gasteiger partial charge < -0.3 is 24.8 Å². The molecule has 3 rings (SSSR count). The first-order valence-electron chi connectivity index (χ1n) is 10.1. The normalized spacial score (nSPS) is 15.3. The fraction of sp³-hybridized carbons (Fsp3) is 0.250. The molecule has 0 saturated carbocycles. The van der Waals surface area contributed by atoms with Crippen LogP contribution in [0.1, 0.15) is 31.0 Å². The van der Waals surface area contributed by atoms with E-state index >= 15 is 0 Å². The van der Waals surface area contributed by atoms with Crippen molar-refractivity contribution >= 4 is 29.3 Å².